The molecule has 1 aromatic rings. The zero-order valence-electron chi connectivity index (χ0n) is 9.10. The lowest BCUT2D eigenvalue weighted by Crippen LogP contribution is -2.32. The van der Waals surface area contributed by atoms with Gasteiger partial charge < -0.3 is 10.2 Å². The molecule has 0 saturated heterocycles. The van der Waals surface area contributed by atoms with Gasteiger partial charge in [-0.15, -0.1) is 0 Å². The molecule has 0 aromatic heterocycles. The molecular weight excluding hydrogens is 204 g/mol. The van der Waals surface area contributed by atoms with Crippen molar-refractivity contribution in [2.45, 2.75) is 37.4 Å². The number of carbonyl (C=O) groups excluding carboxylic acids is 1. The highest BCUT2D eigenvalue weighted by Crippen LogP contribution is 2.36. The summed E-state index contributed by atoms with van der Waals surface area (Å²) in [5.41, 5.74) is 1.86. The number of aliphatic hydroxyl groups is 2. The van der Waals surface area contributed by atoms with Gasteiger partial charge >= 0.3 is 0 Å². The smallest absolute Gasteiger partial charge is 0.162 e. The van der Waals surface area contributed by atoms with Crippen molar-refractivity contribution in [1.82, 2.24) is 0 Å². The Morgan fingerprint density at radius 1 is 1.12 bits per heavy atom. The highest BCUT2D eigenvalue weighted by molar-refractivity contribution is 5.74. The van der Waals surface area contributed by atoms with Crippen LogP contribution in [-0.2, 0) is 0 Å². The number of benzene rings is 1. The lowest BCUT2D eigenvalue weighted by molar-refractivity contribution is -0.182. The lowest BCUT2D eigenvalue weighted by Gasteiger charge is -2.31. The van der Waals surface area contributed by atoms with Crippen LogP contribution in [0.4, 0.5) is 0 Å². The summed E-state index contributed by atoms with van der Waals surface area (Å²) in [5, 5.41) is 18.9. The summed E-state index contributed by atoms with van der Waals surface area (Å²) < 4.78 is 0. The first-order valence-electron chi connectivity index (χ1n) is 5.61. The molecule has 86 valence electrons. The van der Waals surface area contributed by atoms with Crippen LogP contribution in [0.25, 0.3) is 0 Å². The van der Waals surface area contributed by atoms with Crippen molar-refractivity contribution >= 4 is 6.29 Å². The van der Waals surface area contributed by atoms with Gasteiger partial charge in [-0.1, -0.05) is 24.3 Å². The average molecular weight is 220 g/mol. The summed E-state index contributed by atoms with van der Waals surface area (Å²) in [6.07, 6.45) is 3.25. The second-order valence-electron chi connectivity index (χ2n) is 4.54. The average Bonchev–Trinajstić information content (AvgIpc) is 2.29. The van der Waals surface area contributed by atoms with Crippen LogP contribution in [0, 0.1) is 0 Å². The minimum absolute atomic E-state index is 0.383. The Labute approximate surface area is 94.7 Å². The Bertz CT molecular complexity index is 357. The lowest BCUT2D eigenvalue weighted by atomic mass is 9.81. The van der Waals surface area contributed by atoms with Crippen molar-refractivity contribution in [2.24, 2.45) is 0 Å². The van der Waals surface area contributed by atoms with Crippen LogP contribution in [0.1, 0.15) is 47.5 Å². The predicted molar refractivity (Wildman–Crippen MR) is 60.2 cm³/mol. The maximum atomic E-state index is 10.5. The fourth-order valence-electron chi connectivity index (χ4n) is 2.26. The van der Waals surface area contributed by atoms with Gasteiger partial charge in [-0.3, -0.25) is 4.79 Å². The monoisotopic (exact) mass is 220 g/mol. The van der Waals surface area contributed by atoms with E-state index in [0.29, 0.717) is 24.3 Å². The van der Waals surface area contributed by atoms with Crippen LogP contribution in [0.5, 0.6) is 0 Å². The molecule has 0 heterocycles. The van der Waals surface area contributed by atoms with E-state index in [1.807, 2.05) is 24.3 Å². The molecule has 3 nitrogen and oxygen atoms in total. The van der Waals surface area contributed by atoms with Gasteiger partial charge in [-0.25, -0.2) is 0 Å². The van der Waals surface area contributed by atoms with Crippen molar-refractivity contribution in [2.75, 3.05) is 0 Å². The highest BCUT2D eigenvalue weighted by atomic mass is 16.5. The quantitative estimate of drug-likeness (QED) is 0.590. The maximum absolute atomic E-state index is 10.5. The van der Waals surface area contributed by atoms with Gasteiger partial charge in [-0.05, 0) is 24.3 Å². The summed E-state index contributed by atoms with van der Waals surface area (Å²) in [6.45, 7) is 0. The summed E-state index contributed by atoms with van der Waals surface area (Å²) in [5.74, 6) is -1.09. The summed E-state index contributed by atoms with van der Waals surface area (Å²) in [7, 11) is 0. The molecular formula is C13H16O3. The van der Waals surface area contributed by atoms with E-state index < -0.39 is 5.79 Å². The fraction of sp³-hybridized carbons (Fsp3) is 0.462. The van der Waals surface area contributed by atoms with Gasteiger partial charge in [0, 0.05) is 18.4 Å². The van der Waals surface area contributed by atoms with Crippen LogP contribution in [0.15, 0.2) is 24.3 Å². The van der Waals surface area contributed by atoms with E-state index in [2.05, 4.69) is 0 Å². The molecule has 0 spiro atoms. The third-order valence-electron chi connectivity index (χ3n) is 3.33. The summed E-state index contributed by atoms with van der Waals surface area (Å²) in [4.78, 5) is 10.5. The first-order chi connectivity index (χ1) is 7.61. The molecule has 0 bridgehead atoms. The minimum Gasteiger partial charge on any atom is -0.366 e. The van der Waals surface area contributed by atoms with Crippen LogP contribution >= 0.6 is 0 Å². The second kappa shape index (κ2) is 4.36. The molecule has 1 aromatic carbocycles. The molecule has 1 saturated carbocycles. The number of carbonyl (C=O) groups is 1. The van der Waals surface area contributed by atoms with Crippen molar-refractivity contribution in [3.63, 3.8) is 0 Å². The second-order valence-corrected chi connectivity index (χ2v) is 4.54. The van der Waals surface area contributed by atoms with Gasteiger partial charge in [-0.2, -0.15) is 0 Å². The third-order valence-corrected chi connectivity index (χ3v) is 3.33. The molecule has 16 heavy (non-hydrogen) atoms. The number of aldehydes is 1. The Balaban J connectivity index is 2.05. The molecule has 1 aliphatic carbocycles. The van der Waals surface area contributed by atoms with E-state index in [1.54, 1.807) is 0 Å². The normalized spacial score (nSPS) is 20.6. The molecule has 2 N–H and O–H groups in total. The summed E-state index contributed by atoms with van der Waals surface area (Å²) >= 11 is 0. The van der Waals surface area contributed by atoms with Crippen LogP contribution in [-0.4, -0.2) is 22.3 Å². The Hall–Kier alpha value is -1.19. The Morgan fingerprint density at radius 2 is 1.69 bits per heavy atom. The molecule has 3 heteroatoms. The topological polar surface area (TPSA) is 57.5 Å². The first kappa shape index (κ1) is 11.3. The standard InChI is InChI=1S/C13H16O3/c14-9-10-1-3-11(4-2-10)12-5-7-13(15,16)8-6-12/h1-4,9,12,15-16H,5-8H2. The fourth-order valence-corrected chi connectivity index (χ4v) is 2.26. The van der Waals surface area contributed by atoms with E-state index in [9.17, 15) is 15.0 Å². The van der Waals surface area contributed by atoms with Crippen molar-refractivity contribution in [3.05, 3.63) is 35.4 Å². The minimum atomic E-state index is -1.47. The SMILES string of the molecule is O=Cc1ccc(C2CCC(O)(O)CC2)cc1. The molecule has 1 aliphatic rings. The number of hydrogen-bond donors (Lipinski definition) is 2. The van der Waals surface area contributed by atoms with Gasteiger partial charge in [0.15, 0.2) is 5.79 Å². The Morgan fingerprint density at radius 3 is 2.19 bits per heavy atom. The molecule has 0 aliphatic heterocycles. The van der Waals surface area contributed by atoms with E-state index in [1.165, 1.54) is 5.56 Å². The van der Waals surface area contributed by atoms with Crippen molar-refractivity contribution in [1.29, 1.82) is 0 Å². The van der Waals surface area contributed by atoms with Gasteiger partial charge in [0.2, 0.25) is 0 Å². The predicted octanol–water partition coefficient (Wildman–Crippen LogP) is 1.84. The molecule has 0 unspecified atom stereocenters. The summed E-state index contributed by atoms with van der Waals surface area (Å²) in [6, 6.07) is 7.52. The largest absolute Gasteiger partial charge is 0.366 e. The molecule has 0 radical (unpaired) electrons. The Kier molecular flexibility index (Phi) is 3.08. The maximum Gasteiger partial charge on any atom is 0.162 e. The van der Waals surface area contributed by atoms with E-state index >= 15 is 0 Å². The van der Waals surface area contributed by atoms with E-state index in [4.69, 9.17) is 0 Å². The van der Waals surface area contributed by atoms with Crippen LogP contribution in [0.2, 0.25) is 0 Å². The van der Waals surface area contributed by atoms with Crippen LogP contribution < -0.4 is 0 Å². The van der Waals surface area contributed by atoms with Crippen molar-refractivity contribution in [3.8, 4) is 0 Å². The zero-order chi connectivity index (χ0) is 11.6. The molecule has 1 fully saturated rings. The molecule has 0 amide bonds. The first-order valence-corrected chi connectivity index (χ1v) is 5.61. The molecule has 0 atom stereocenters. The van der Waals surface area contributed by atoms with E-state index in [0.717, 1.165) is 19.1 Å². The van der Waals surface area contributed by atoms with E-state index in [-0.39, 0.29) is 0 Å². The van der Waals surface area contributed by atoms with Crippen molar-refractivity contribution < 1.29 is 15.0 Å². The van der Waals surface area contributed by atoms with Crippen LogP contribution in [0.3, 0.4) is 0 Å². The molecule has 2 rings (SSSR count). The van der Waals surface area contributed by atoms with Gasteiger partial charge in [0.05, 0.1) is 0 Å². The van der Waals surface area contributed by atoms with Gasteiger partial charge in [0.25, 0.3) is 0 Å². The van der Waals surface area contributed by atoms with Gasteiger partial charge in [0.1, 0.15) is 6.29 Å². The third kappa shape index (κ3) is 2.49. The number of rotatable bonds is 2. The highest BCUT2D eigenvalue weighted by Gasteiger charge is 2.31. The number of hydrogen-bond acceptors (Lipinski definition) is 3. The zero-order valence-corrected chi connectivity index (χ0v) is 9.10.